The maximum Gasteiger partial charge on any atom is 0.271 e. The number of carbonyl (C=O) groups excluding carboxylic acids is 2. The second kappa shape index (κ2) is 5.42. The summed E-state index contributed by atoms with van der Waals surface area (Å²) in [5, 5.41) is 20.1. The van der Waals surface area contributed by atoms with E-state index in [1.165, 1.54) is 0 Å². The number of benzene rings is 1. The van der Waals surface area contributed by atoms with Crippen LogP contribution in [-0.4, -0.2) is 22.6 Å². The van der Waals surface area contributed by atoms with Crippen LogP contribution in [0.1, 0.15) is 22.3 Å². The number of aromatic hydroxyl groups is 1. The van der Waals surface area contributed by atoms with Crippen molar-refractivity contribution in [3.63, 3.8) is 0 Å². The molecule has 6 heteroatoms. The Bertz CT molecular complexity index is 539. The Kier molecular flexibility index (Phi) is 3.95. The van der Waals surface area contributed by atoms with Gasteiger partial charge in [0.05, 0.1) is 22.5 Å². The Hall–Kier alpha value is -2.68. The molecule has 0 aliphatic heterocycles. The van der Waals surface area contributed by atoms with Crippen LogP contribution in [0, 0.1) is 22.0 Å². The molecule has 1 N–H and O–H groups in total. The van der Waals surface area contributed by atoms with E-state index in [0.717, 1.165) is 12.1 Å². The van der Waals surface area contributed by atoms with Gasteiger partial charge in [0.1, 0.15) is 12.0 Å². The van der Waals surface area contributed by atoms with Crippen molar-refractivity contribution in [3.05, 3.63) is 33.4 Å². The minimum Gasteiger partial charge on any atom is -0.506 e. The van der Waals surface area contributed by atoms with Crippen molar-refractivity contribution in [2.24, 2.45) is 0 Å². The summed E-state index contributed by atoms with van der Waals surface area (Å²) in [6, 6.07) is 1.99. The molecule has 1 aromatic rings. The Morgan fingerprint density at radius 3 is 2.65 bits per heavy atom. The average molecular weight is 233 g/mol. The third kappa shape index (κ3) is 2.89. The summed E-state index contributed by atoms with van der Waals surface area (Å²) in [5.41, 5.74) is -0.613. The number of hydrogen-bond donors (Lipinski definition) is 1. The van der Waals surface area contributed by atoms with E-state index in [1.54, 1.807) is 0 Å². The molecular weight excluding hydrogens is 226 g/mol. The highest BCUT2D eigenvalue weighted by Gasteiger charge is 2.14. The lowest BCUT2D eigenvalue weighted by Crippen LogP contribution is -1.93. The number of non-ortho nitro benzene ring substituents is 1. The van der Waals surface area contributed by atoms with Crippen LogP contribution in [-0.2, 0) is 4.79 Å². The molecule has 0 saturated carbocycles. The highest BCUT2D eigenvalue weighted by molar-refractivity contribution is 5.82. The number of rotatable bonds is 3. The number of carbonyl (C=O) groups is 2. The smallest absolute Gasteiger partial charge is 0.271 e. The van der Waals surface area contributed by atoms with E-state index in [9.17, 15) is 24.8 Å². The van der Waals surface area contributed by atoms with E-state index in [-0.39, 0.29) is 23.2 Å². The maximum atomic E-state index is 10.6. The molecule has 0 unspecified atom stereocenters. The van der Waals surface area contributed by atoms with Crippen molar-refractivity contribution in [1.29, 1.82) is 0 Å². The fourth-order valence-corrected chi connectivity index (χ4v) is 1.12. The Balaban J connectivity index is 3.33. The summed E-state index contributed by atoms with van der Waals surface area (Å²) in [7, 11) is 0. The van der Waals surface area contributed by atoms with E-state index < -0.39 is 10.7 Å². The molecular formula is C11H7NO5. The van der Waals surface area contributed by atoms with Gasteiger partial charge in [0.2, 0.25) is 0 Å². The van der Waals surface area contributed by atoms with Gasteiger partial charge in [0, 0.05) is 12.1 Å². The minimum atomic E-state index is -0.697. The van der Waals surface area contributed by atoms with Gasteiger partial charge in [-0.2, -0.15) is 0 Å². The number of nitro benzene ring substituents is 1. The van der Waals surface area contributed by atoms with Gasteiger partial charge < -0.3 is 9.90 Å². The number of nitrogens with zero attached hydrogens (tertiary/aromatic N) is 1. The number of hydrogen-bond acceptors (Lipinski definition) is 5. The molecule has 6 nitrogen and oxygen atoms in total. The SMILES string of the molecule is O=CCC#Cc1cc([N+](=O)[O-])cc(C=O)c1O. The average Bonchev–Trinajstić information content (AvgIpc) is 2.31. The van der Waals surface area contributed by atoms with Gasteiger partial charge >= 0.3 is 0 Å². The van der Waals surface area contributed by atoms with E-state index >= 15 is 0 Å². The molecule has 0 aliphatic carbocycles. The second-order valence-corrected chi connectivity index (χ2v) is 2.98. The van der Waals surface area contributed by atoms with E-state index in [4.69, 9.17) is 0 Å². The lowest BCUT2D eigenvalue weighted by Gasteiger charge is -2.00. The van der Waals surface area contributed by atoms with Crippen molar-refractivity contribution in [3.8, 4) is 17.6 Å². The zero-order valence-corrected chi connectivity index (χ0v) is 8.54. The van der Waals surface area contributed by atoms with Gasteiger partial charge in [-0.25, -0.2) is 0 Å². The zero-order valence-electron chi connectivity index (χ0n) is 8.54. The van der Waals surface area contributed by atoms with Gasteiger partial charge in [-0.05, 0) is 0 Å². The van der Waals surface area contributed by atoms with Crippen LogP contribution in [0.3, 0.4) is 0 Å². The summed E-state index contributed by atoms with van der Waals surface area (Å²) in [4.78, 5) is 30.5. The van der Waals surface area contributed by atoms with E-state index in [1.807, 2.05) is 0 Å². The van der Waals surface area contributed by atoms with Crippen LogP contribution in [0.15, 0.2) is 12.1 Å². The second-order valence-electron chi connectivity index (χ2n) is 2.98. The van der Waals surface area contributed by atoms with Gasteiger partial charge in [0.15, 0.2) is 6.29 Å². The van der Waals surface area contributed by atoms with Crippen LogP contribution >= 0.6 is 0 Å². The van der Waals surface area contributed by atoms with Crippen LogP contribution in [0.5, 0.6) is 5.75 Å². The lowest BCUT2D eigenvalue weighted by atomic mass is 10.1. The molecule has 0 spiro atoms. The molecule has 0 atom stereocenters. The molecule has 17 heavy (non-hydrogen) atoms. The number of nitro groups is 1. The minimum absolute atomic E-state index is 0.0526. The Labute approximate surface area is 96.0 Å². The molecule has 86 valence electrons. The predicted octanol–water partition coefficient (Wildman–Crippen LogP) is 1.05. The summed E-state index contributed by atoms with van der Waals surface area (Å²) in [6.07, 6.45) is 0.799. The first kappa shape index (κ1) is 12.4. The first-order valence-electron chi connectivity index (χ1n) is 4.49. The highest BCUT2D eigenvalue weighted by Crippen LogP contribution is 2.26. The standard InChI is InChI=1S/C11H7NO5/c13-4-2-1-3-8-5-10(12(16)17)6-9(7-14)11(8)15/h4-7,15H,2H2. The number of phenolic OH excluding ortho intramolecular Hbond substituents is 1. The van der Waals surface area contributed by atoms with Crippen LogP contribution in [0.4, 0.5) is 5.69 Å². The molecule has 0 aromatic heterocycles. The normalized spacial score (nSPS) is 8.94. The van der Waals surface area contributed by atoms with Crippen molar-refractivity contribution in [2.45, 2.75) is 6.42 Å². The monoisotopic (exact) mass is 233 g/mol. The quantitative estimate of drug-likeness (QED) is 0.364. The van der Waals surface area contributed by atoms with Gasteiger partial charge in [-0.15, -0.1) is 0 Å². The number of aldehydes is 2. The third-order valence-electron chi connectivity index (χ3n) is 1.87. The lowest BCUT2D eigenvalue weighted by molar-refractivity contribution is -0.384. The molecule has 0 saturated heterocycles. The van der Waals surface area contributed by atoms with E-state index in [0.29, 0.717) is 12.6 Å². The van der Waals surface area contributed by atoms with Crippen LogP contribution in [0.2, 0.25) is 0 Å². The summed E-state index contributed by atoms with van der Waals surface area (Å²) >= 11 is 0. The summed E-state index contributed by atoms with van der Waals surface area (Å²) < 4.78 is 0. The topological polar surface area (TPSA) is 97.5 Å². The molecule has 0 radical (unpaired) electrons. The van der Waals surface area contributed by atoms with Crippen molar-refractivity contribution < 1.29 is 19.6 Å². The fraction of sp³-hybridized carbons (Fsp3) is 0.0909. The van der Waals surface area contributed by atoms with Crippen LogP contribution < -0.4 is 0 Å². The van der Waals surface area contributed by atoms with Gasteiger partial charge in [-0.3, -0.25) is 14.9 Å². The molecule has 0 heterocycles. The predicted molar refractivity (Wildman–Crippen MR) is 57.7 cm³/mol. The first-order valence-corrected chi connectivity index (χ1v) is 4.49. The summed E-state index contributed by atoms with van der Waals surface area (Å²) in [5.74, 6) is 4.36. The van der Waals surface area contributed by atoms with Crippen LogP contribution in [0.25, 0.3) is 0 Å². The van der Waals surface area contributed by atoms with E-state index in [2.05, 4.69) is 11.8 Å². The van der Waals surface area contributed by atoms with Crippen molar-refractivity contribution in [1.82, 2.24) is 0 Å². The van der Waals surface area contributed by atoms with Crippen molar-refractivity contribution >= 4 is 18.3 Å². The fourth-order valence-electron chi connectivity index (χ4n) is 1.12. The number of phenols is 1. The third-order valence-corrected chi connectivity index (χ3v) is 1.87. The molecule has 0 amide bonds. The molecule has 0 aliphatic rings. The zero-order chi connectivity index (χ0) is 12.8. The molecule has 0 fully saturated rings. The Morgan fingerprint density at radius 1 is 1.41 bits per heavy atom. The highest BCUT2D eigenvalue weighted by atomic mass is 16.6. The molecule has 1 aromatic carbocycles. The first-order chi connectivity index (χ1) is 8.10. The van der Waals surface area contributed by atoms with Crippen molar-refractivity contribution in [2.75, 3.05) is 0 Å². The Morgan fingerprint density at radius 2 is 2.12 bits per heavy atom. The summed E-state index contributed by atoms with van der Waals surface area (Å²) in [6.45, 7) is 0. The molecule has 1 rings (SSSR count). The maximum absolute atomic E-state index is 10.6. The molecule has 0 bridgehead atoms. The largest absolute Gasteiger partial charge is 0.506 e. The van der Waals surface area contributed by atoms with Gasteiger partial charge in [-0.1, -0.05) is 11.8 Å². The van der Waals surface area contributed by atoms with Gasteiger partial charge in [0.25, 0.3) is 5.69 Å².